The molecule has 0 saturated heterocycles. The van der Waals surface area contributed by atoms with Crippen molar-refractivity contribution in [1.29, 1.82) is 5.26 Å². The molecule has 6 nitrogen and oxygen atoms in total. The zero-order valence-corrected chi connectivity index (χ0v) is 14.6. The van der Waals surface area contributed by atoms with Crippen molar-refractivity contribution < 1.29 is 8.42 Å². The lowest BCUT2D eigenvalue weighted by atomic mass is 9.98. The second-order valence-corrected chi connectivity index (χ2v) is 7.90. The maximum atomic E-state index is 12.9. The van der Waals surface area contributed by atoms with Crippen LogP contribution in [0.5, 0.6) is 0 Å². The average molecular weight is 364 g/mol. The standard InChI is InChI=1S/C19H16N4O2S/c20-11-13-6-7-17-15(9-13)10-16(12-22-17)23-26(24,25)18-5-1-3-14-4-2-8-21-19(14)18/h1-9,16,22-23H,10,12H2. The minimum absolute atomic E-state index is 0.173. The van der Waals surface area contributed by atoms with Gasteiger partial charge in [0.25, 0.3) is 0 Å². The van der Waals surface area contributed by atoms with Crippen molar-refractivity contribution in [2.75, 3.05) is 11.9 Å². The summed E-state index contributed by atoms with van der Waals surface area (Å²) in [7, 11) is -3.72. The summed E-state index contributed by atoms with van der Waals surface area (Å²) in [5.41, 5.74) is 2.89. The van der Waals surface area contributed by atoms with E-state index in [1.807, 2.05) is 18.2 Å². The summed E-state index contributed by atoms with van der Waals surface area (Å²) in [4.78, 5) is 4.40. The summed E-state index contributed by atoms with van der Waals surface area (Å²) in [6.45, 7) is 0.482. The quantitative estimate of drug-likeness (QED) is 0.744. The number of hydrogen-bond donors (Lipinski definition) is 2. The van der Waals surface area contributed by atoms with Gasteiger partial charge in [-0.15, -0.1) is 0 Å². The van der Waals surface area contributed by atoms with Gasteiger partial charge in [-0.25, -0.2) is 13.1 Å². The number of nitriles is 1. The highest BCUT2D eigenvalue weighted by Crippen LogP contribution is 2.25. The van der Waals surface area contributed by atoms with E-state index in [0.29, 0.717) is 24.0 Å². The molecule has 7 heteroatoms. The highest BCUT2D eigenvalue weighted by Gasteiger charge is 2.26. The van der Waals surface area contributed by atoms with E-state index in [2.05, 4.69) is 21.1 Å². The second kappa shape index (κ2) is 6.41. The molecule has 1 aromatic heterocycles. The number of nitrogens with zero attached hydrogens (tertiary/aromatic N) is 2. The maximum absolute atomic E-state index is 12.9. The van der Waals surface area contributed by atoms with Crippen molar-refractivity contribution in [3.63, 3.8) is 0 Å². The van der Waals surface area contributed by atoms with Crippen LogP contribution >= 0.6 is 0 Å². The van der Waals surface area contributed by atoms with Crippen LogP contribution in [0.3, 0.4) is 0 Å². The minimum atomic E-state index is -3.72. The summed E-state index contributed by atoms with van der Waals surface area (Å²) < 4.78 is 28.6. The number of nitrogens with one attached hydrogen (secondary N) is 2. The van der Waals surface area contributed by atoms with Gasteiger partial charge in [-0.05, 0) is 42.3 Å². The van der Waals surface area contributed by atoms with Crippen molar-refractivity contribution in [3.8, 4) is 6.07 Å². The number of benzene rings is 2. The first-order valence-corrected chi connectivity index (χ1v) is 9.68. The van der Waals surface area contributed by atoms with Crippen molar-refractivity contribution in [3.05, 3.63) is 65.9 Å². The third-order valence-electron chi connectivity index (χ3n) is 4.45. The van der Waals surface area contributed by atoms with E-state index >= 15 is 0 Å². The number of hydrogen-bond acceptors (Lipinski definition) is 5. The normalized spacial score (nSPS) is 16.5. The molecule has 1 aliphatic heterocycles. The highest BCUT2D eigenvalue weighted by molar-refractivity contribution is 7.89. The van der Waals surface area contributed by atoms with Gasteiger partial charge in [0.15, 0.2) is 0 Å². The Morgan fingerprint density at radius 3 is 2.88 bits per heavy atom. The predicted molar refractivity (Wildman–Crippen MR) is 99.2 cm³/mol. The molecule has 0 aliphatic carbocycles. The summed E-state index contributed by atoms with van der Waals surface area (Å²) >= 11 is 0. The first-order chi connectivity index (χ1) is 12.6. The first kappa shape index (κ1) is 16.5. The van der Waals surface area contributed by atoms with Crippen molar-refractivity contribution >= 4 is 26.6 Å². The van der Waals surface area contributed by atoms with E-state index in [1.165, 1.54) is 0 Å². The molecular formula is C19H16N4O2S. The number of aromatic nitrogens is 1. The molecule has 0 amide bonds. The lowest BCUT2D eigenvalue weighted by Gasteiger charge is -2.27. The van der Waals surface area contributed by atoms with Gasteiger partial charge in [0.1, 0.15) is 4.90 Å². The first-order valence-electron chi connectivity index (χ1n) is 8.20. The Bertz CT molecular complexity index is 1130. The number of para-hydroxylation sites is 1. The molecule has 26 heavy (non-hydrogen) atoms. The number of fused-ring (bicyclic) bond motifs is 2. The molecule has 2 N–H and O–H groups in total. The lowest BCUT2D eigenvalue weighted by molar-refractivity contribution is 0.549. The van der Waals surface area contributed by atoms with Crippen LogP contribution in [0.15, 0.2) is 59.6 Å². The van der Waals surface area contributed by atoms with Gasteiger partial charge < -0.3 is 5.32 Å². The Hall–Kier alpha value is -2.95. The Morgan fingerprint density at radius 1 is 1.19 bits per heavy atom. The van der Waals surface area contributed by atoms with Crippen LogP contribution in [0, 0.1) is 11.3 Å². The fourth-order valence-corrected chi connectivity index (χ4v) is 4.65. The third-order valence-corrected chi connectivity index (χ3v) is 6.00. The van der Waals surface area contributed by atoms with Crippen molar-refractivity contribution in [1.82, 2.24) is 9.71 Å². The summed E-state index contributed by atoms with van der Waals surface area (Å²) in [5.74, 6) is 0. The van der Waals surface area contributed by atoms with Crippen LogP contribution in [-0.4, -0.2) is 26.0 Å². The van der Waals surface area contributed by atoms with Crippen molar-refractivity contribution in [2.24, 2.45) is 0 Å². The highest BCUT2D eigenvalue weighted by atomic mass is 32.2. The fraction of sp³-hybridized carbons (Fsp3) is 0.158. The summed E-state index contributed by atoms with van der Waals surface area (Å²) in [6.07, 6.45) is 2.11. The molecule has 0 saturated carbocycles. The van der Waals surface area contributed by atoms with E-state index < -0.39 is 10.0 Å². The molecule has 130 valence electrons. The lowest BCUT2D eigenvalue weighted by Crippen LogP contribution is -2.43. The molecule has 1 atom stereocenters. The van der Waals surface area contributed by atoms with Gasteiger partial charge in [-0.2, -0.15) is 5.26 Å². The van der Waals surface area contributed by atoms with Crippen LogP contribution in [0.2, 0.25) is 0 Å². The van der Waals surface area contributed by atoms with Gasteiger partial charge >= 0.3 is 0 Å². The minimum Gasteiger partial charge on any atom is -0.383 e. The fourth-order valence-electron chi connectivity index (χ4n) is 3.23. The number of anilines is 1. The van der Waals surface area contributed by atoms with Crippen LogP contribution in [0.1, 0.15) is 11.1 Å². The monoisotopic (exact) mass is 364 g/mol. The molecular weight excluding hydrogens is 348 g/mol. The zero-order chi connectivity index (χ0) is 18.1. The topological polar surface area (TPSA) is 94.9 Å². The van der Waals surface area contributed by atoms with E-state index in [-0.39, 0.29) is 10.9 Å². The van der Waals surface area contributed by atoms with Gasteiger partial charge in [-0.3, -0.25) is 4.98 Å². The number of pyridine rings is 1. The molecule has 2 heterocycles. The summed E-state index contributed by atoms with van der Waals surface area (Å²) in [5, 5.41) is 13.1. The van der Waals surface area contributed by atoms with E-state index in [1.54, 1.807) is 36.5 Å². The van der Waals surface area contributed by atoms with E-state index in [9.17, 15) is 8.42 Å². The second-order valence-electron chi connectivity index (χ2n) is 6.22. The van der Waals surface area contributed by atoms with E-state index in [0.717, 1.165) is 16.6 Å². The Kier molecular flexibility index (Phi) is 4.07. The predicted octanol–water partition coefficient (Wildman–Crippen LogP) is 2.42. The average Bonchev–Trinajstić information content (AvgIpc) is 2.66. The molecule has 0 fully saturated rings. The maximum Gasteiger partial charge on any atom is 0.243 e. The molecule has 0 bridgehead atoms. The van der Waals surface area contributed by atoms with Crippen LogP contribution < -0.4 is 10.0 Å². The largest absolute Gasteiger partial charge is 0.383 e. The Balaban J connectivity index is 1.63. The van der Waals surface area contributed by atoms with Gasteiger partial charge in [0.05, 0.1) is 17.1 Å². The third kappa shape index (κ3) is 3.01. The SMILES string of the molecule is N#Cc1ccc2c(c1)CC(NS(=O)(=O)c1cccc3cccnc13)CN2. The molecule has 2 aromatic carbocycles. The Morgan fingerprint density at radius 2 is 2.04 bits per heavy atom. The van der Waals surface area contributed by atoms with Crippen LogP contribution in [-0.2, 0) is 16.4 Å². The summed E-state index contributed by atoms with van der Waals surface area (Å²) in [6, 6.07) is 15.9. The van der Waals surface area contributed by atoms with Gasteiger partial charge in [-0.1, -0.05) is 18.2 Å². The smallest absolute Gasteiger partial charge is 0.243 e. The zero-order valence-electron chi connectivity index (χ0n) is 13.8. The van der Waals surface area contributed by atoms with E-state index in [4.69, 9.17) is 5.26 Å². The number of sulfonamides is 1. The van der Waals surface area contributed by atoms with Crippen LogP contribution in [0.4, 0.5) is 5.69 Å². The Labute approximate surface area is 151 Å². The molecule has 0 radical (unpaired) electrons. The molecule has 1 aliphatic rings. The molecule has 3 aromatic rings. The molecule has 0 spiro atoms. The molecule has 4 rings (SSSR count). The van der Waals surface area contributed by atoms with Crippen molar-refractivity contribution in [2.45, 2.75) is 17.4 Å². The molecule has 1 unspecified atom stereocenters. The number of rotatable bonds is 3. The van der Waals surface area contributed by atoms with Crippen LogP contribution in [0.25, 0.3) is 10.9 Å². The van der Waals surface area contributed by atoms with Gasteiger partial charge in [0, 0.05) is 29.9 Å². The van der Waals surface area contributed by atoms with Gasteiger partial charge in [0.2, 0.25) is 10.0 Å².